The molecule has 0 aliphatic carbocycles. The molecular weight excluding hydrogens is 180 g/mol. The van der Waals surface area contributed by atoms with Crippen LogP contribution in [0.15, 0.2) is 54.8 Å². The van der Waals surface area contributed by atoms with Gasteiger partial charge in [0.1, 0.15) is 0 Å². The van der Waals surface area contributed by atoms with Gasteiger partial charge < -0.3 is 0 Å². The zero-order valence-electron chi connectivity index (χ0n) is 9.42. The van der Waals surface area contributed by atoms with Gasteiger partial charge in [-0.2, -0.15) is 0 Å². The summed E-state index contributed by atoms with van der Waals surface area (Å²) in [5, 5.41) is 0. The van der Waals surface area contributed by atoms with Crippen molar-refractivity contribution in [3.8, 4) is 0 Å². The second kappa shape index (κ2) is 6.06. The summed E-state index contributed by atoms with van der Waals surface area (Å²) >= 11 is 0. The van der Waals surface area contributed by atoms with Crippen molar-refractivity contribution in [3.05, 3.63) is 60.4 Å². The molecule has 1 rings (SSSR count). The van der Waals surface area contributed by atoms with Crippen molar-refractivity contribution in [1.29, 1.82) is 0 Å². The first kappa shape index (κ1) is 11.6. The van der Waals surface area contributed by atoms with Crippen LogP contribution in [0.4, 0.5) is 0 Å². The van der Waals surface area contributed by atoms with Crippen molar-refractivity contribution in [3.63, 3.8) is 0 Å². The fourth-order valence-electron chi connectivity index (χ4n) is 1.57. The molecule has 0 bridgehead atoms. The van der Waals surface area contributed by atoms with Crippen LogP contribution in [0.25, 0.3) is 5.57 Å². The first-order valence-corrected chi connectivity index (χ1v) is 5.39. The van der Waals surface area contributed by atoms with Crippen molar-refractivity contribution in [2.75, 3.05) is 0 Å². The van der Waals surface area contributed by atoms with Crippen molar-refractivity contribution in [2.24, 2.45) is 0 Å². The molecular formula is C15H18. The maximum Gasteiger partial charge on any atom is 0.000898 e. The maximum absolute atomic E-state index is 4.11. The lowest BCUT2D eigenvalue weighted by atomic mass is 9.98. The van der Waals surface area contributed by atoms with Gasteiger partial charge in [-0.05, 0) is 23.1 Å². The largest absolute Gasteiger partial charge is 0.129 e. The monoisotopic (exact) mass is 198 g/mol. The number of benzene rings is 1. The lowest BCUT2D eigenvalue weighted by molar-refractivity contribution is 0.887. The lowest BCUT2D eigenvalue weighted by Gasteiger charge is -2.07. The van der Waals surface area contributed by atoms with Crippen LogP contribution in [-0.4, -0.2) is 0 Å². The molecule has 0 aliphatic rings. The van der Waals surface area contributed by atoms with Crippen LogP contribution in [0.1, 0.15) is 31.7 Å². The molecule has 0 amide bonds. The second-order valence-corrected chi connectivity index (χ2v) is 3.68. The molecule has 0 N–H and O–H groups in total. The third-order valence-corrected chi connectivity index (χ3v) is 2.41. The molecule has 15 heavy (non-hydrogen) atoms. The Bertz CT molecular complexity index is 364. The Morgan fingerprint density at radius 1 is 1.27 bits per heavy atom. The molecule has 1 aromatic carbocycles. The highest BCUT2D eigenvalue weighted by molar-refractivity contribution is 5.65. The predicted octanol–water partition coefficient (Wildman–Crippen LogP) is 4.60. The summed E-state index contributed by atoms with van der Waals surface area (Å²) in [7, 11) is 0. The number of hydrogen-bond acceptors (Lipinski definition) is 0. The Hall–Kier alpha value is -1.52. The van der Waals surface area contributed by atoms with Crippen molar-refractivity contribution >= 4 is 5.57 Å². The van der Waals surface area contributed by atoms with E-state index < -0.39 is 0 Å². The number of hydrogen-bond donors (Lipinski definition) is 0. The van der Waals surface area contributed by atoms with Crippen LogP contribution >= 0.6 is 0 Å². The first-order chi connectivity index (χ1) is 7.27. The van der Waals surface area contributed by atoms with Crippen LogP contribution in [0, 0.1) is 0 Å². The van der Waals surface area contributed by atoms with Gasteiger partial charge in [0.15, 0.2) is 0 Å². The van der Waals surface area contributed by atoms with Gasteiger partial charge in [0, 0.05) is 6.42 Å². The molecule has 0 saturated carbocycles. The molecule has 0 fully saturated rings. The van der Waals surface area contributed by atoms with Crippen molar-refractivity contribution in [2.45, 2.75) is 26.2 Å². The molecule has 0 aliphatic heterocycles. The van der Waals surface area contributed by atoms with Gasteiger partial charge in [-0.3, -0.25) is 0 Å². The normalized spacial score (nSPS) is 9.40. The van der Waals surface area contributed by atoms with Gasteiger partial charge >= 0.3 is 0 Å². The Morgan fingerprint density at radius 3 is 2.47 bits per heavy atom. The summed E-state index contributed by atoms with van der Waals surface area (Å²) in [6.07, 6.45) is 3.09. The van der Waals surface area contributed by atoms with E-state index in [0.29, 0.717) is 0 Å². The minimum absolute atomic E-state index is 0.890. The van der Waals surface area contributed by atoms with Crippen LogP contribution in [0.3, 0.4) is 0 Å². The minimum atomic E-state index is 0.890. The molecule has 0 saturated heterocycles. The predicted molar refractivity (Wildman–Crippen MR) is 67.7 cm³/mol. The summed E-state index contributed by atoms with van der Waals surface area (Å²) in [5.74, 6) is 0. The van der Waals surface area contributed by atoms with Gasteiger partial charge in [-0.1, -0.05) is 56.8 Å². The van der Waals surface area contributed by atoms with Gasteiger partial charge in [0.05, 0.1) is 0 Å². The standard InChI is InChI=1S/C15H18/c1-4-9-14(5-2)12-13(3)15-10-7-6-8-11-15/h6-8,10-11H,2-4,9,12H2,1H3. The van der Waals surface area contributed by atoms with E-state index in [1.165, 1.54) is 11.1 Å². The van der Waals surface area contributed by atoms with E-state index in [-0.39, 0.29) is 0 Å². The Labute approximate surface area is 92.6 Å². The Morgan fingerprint density at radius 2 is 1.93 bits per heavy atom. The highest BCUT2D eigenvalue weighted by atomic mass is 14.1. The van der Waals surface area contributed by atoms with Crippen molar-refractivity contribution in [1.82, 2.24) is 0 Å². The summed E-state index contributed by atoms with van der Waals surface area (Å²) in [6.45, 7) is 10.00. The third kappa shape index (κ3) is 3.61. The van der Waals surface area contributed by atoms with Crippen LogP contribution < -0.4 is 0 Å². The molecule has 78 valence electrons. The molecule has 0 aromatic heterocycles. The van der Waals surface area contributed by atoms with Crippen LogP contribution in [0.2, 0.25) is 0 Å². The highest BCUT2D eigenvalue weighted by Gasteiger charge is 2.01. The maximum atomic E-state index is 4.11. The Kier molecular flexibility index (Phi) is 4.66. The van der Waals surface area contributed by atoms with Crippen LogP contribution in [0.5, 0.6) is 0 Å². The van der Waals surface area contributed by atoms with Crippen molar-refractivity contribution < 1.29 is 0 Å². The minimum Gasteiger partial charge on any atom is -0.129 e. The molecule has 0 spiro atoms. The molecule has 0 heterocycles. The fourth-order valence-corrected chi connectivity index (χ4v) is 1.57. The third-order valence-electron chi connectivity index (χ3n) is 2.41. The van der Waals surface area contributed by atoms with E-state index in [2.05, 4.69) is 37.9 Å². The van der Waals surface area contributed by atoms with E-state index in [1.54, 1.807) is 0 Å². The molecule has 0 atom stereocenters. The molecule has 1 aromatic rings. The molecule has 0 radical (unpaired) electrons. The SMILES string of the molecule is C=C=C(CCC)CC(=C)c1ccccc1. The van der Waals surface area contributed by atoms with E-state index in [1.807, 2.05) is 18.2 Å². The zero-order valence-corrected chi connectivity index (χ0v) is 9.42. The lowest BCUT2D eigenvalue weighted by Crippen LogP contribution is -1.86. The topological polar surface area (TPSA) is 0 Å². The summed E-state index contributed by atoms with van der Waals surface area (Å²) in [5.41, 5.74) is 6.62. The van der Waals surface area contributed by atoms with Gasteiger partial charge in [0.2, 0.25) is 0 Å². The Balaban J connectivity index is 2.68. The highest BCUT2D eigenvalue weighted by Crippen LogP contribution is 2.22. The number of rotatable bonds is 5. The van der Waals surface area contributed by atoms with E-state index in [9.17, 15) is 0 Å². The average molecular weight is 198 g/mol. The average Bonchev–Trinajstić information content (AvgIpc) is 2.29. The quantitative estimate of drug-likeness (QED) is 0.606. The fraction of sp³-hybridized carbons (Fsp3) is 0.267. The smallest absolute Gasteiger partial charge is 0.000898 e. The van der Waals surface area contributed by atoms with Crippen LogP contribution in [-0.2, 0) is 0 Å². The summed E-state index contributed by atoms with van der Waals surface area (Å²) in [4.78, 5) is 0. The molecule has 0 unspecified atom stereocenters. The molecule has 0 nitrogen and oxygen atoms in total. The molecule has 0 heteroatoms. The van der Waals surface area contributed by atoms with Gasteiger partial charge in [-0.15, -0.1) is 5.73 Å². The van der Waals surface area contributed by atoms with Gasteiger partial charge in [-0.25, -0.2) is 0 Å². The number of allylic oxidation sites excluding steroid dienone is 2. The first-order valence-electron chi connectivity index (χ1n) is 5.39. The van der Waals surface area contributed by atoms with Gasteiger partial charge in [0.25, 0.3) is 0 Å². The van der Waals surface area contributed by atoms with E-state index in [0.717, 1.165) is 24.8 Å². The summed E-state index contributed by atoms with van der Waals surface area (Å²) in [6, 6.07) is 10.3. The van der Waals surface area contributed by atoms with E-state index >= 15 is 0 Å². The zero-order chi connectivity index (χ0) is 11.1. The second-order valence-electron chi connectivity index (χ2n) is 3.68. The summed E-state index contributed by atoms with van der Waals surface area (Å²) < 4.78 is 0. The van der Waals surface area contributed by atoms with E-state index in [4.69, 9.17) is 0 Å².